The number of nitrogens with zero attached hydrogens (tertiary/aromatic N) is 2. The fourth-order valence-electron chi connectivity index (χ4n) is 1.77. The minimum atomic E-state index is -4.57. The zero-order valence-electron chi connectivity index (χ0n) is 11.0. The zero-order valence-corrected chi connectivity index (χ0v) is 11.8. The maximum absolute atomic E-state index is 13.2. The summed E-state index contributed by atoms with van der Waals surface area (Å²) in [5.74, 6) is 0.104. The predicted octanol–water partition coefficient (Wildman–Crippen LogP) is 3.44. The number of nitrogens with one attached hydrogen (secondary N) is 1. The van der Waals surface area contributed by atoms with E-state index in [0.29, 0.717) is 11.0 Å². The number of thiophene rings is 1. The van der Waals surface area contributed by atoms with Crippen molar-refractivity contribution in [2.45, 2.75) is 12.6 Å². The molecule has 1 N–H and O–H groups in total. The van der Waals surface area contributed by atoms with Crippen LogP contribution in [0.15, 0.2) is 29.7 Å². The number of aromatic nitrogens is 2. The Balaban J connectivity index is 2.43. The summed E-state index contributed by atoms with van der Waals surface area (Å²) in [4.78, 5) is 11.5. The number of halogens is 3. The van der Waals surface area contributed by atoms with Crippen molar-refractivity contribution in [2.75, 3.05) is 12.4 Å². The molecule has 2 aromatic rings. The molecule has 2 heterocycles. The van der Waals surface area contributed by atoms with Gasteiger partial charge in [-0.15, -0.1) is 11.3 Å². The van der Waals surface area contributed by atoms with E-state index in [-0.39, 0.29) is 17.9 Å². The molecule has 0 fully saturated rings. The molecular formula is C13H12F3N3OS. The van der Waals surface area contributed by atoms with E-state index in [1.54, 1.807) is 17.5 Å². The third-order valence-electron chi connectivity index (χ3n) is 2.70. The SMILES string of the molecule is CNc1cc(C=O)nn1/C(=C\Cc1cccs1)C(F)(F)F. The van der Waals surface area contributed by atoms with Crippen LogP contribution in [0.3, 0.4) is 0 Å². The van der Waals surface area contributed by atoms with E-state index < -0.39 is 11.9 Å². The van der Waals surface area contributed by atoms with Gasteiger partial charge < -0.3 is 5.32 Å². The van der Waals surface area contributed by atoms with E-state index in [9.17, 15) is 18.0 Å². The average molecular weight is 315 g/mol. The summed E-state index contributed by atoms with van der Waals surface area (Å²) in [5.41, 5.74) is -0.987. The van der Waals surface area contributed by atoms with Crippen LogP contribution in [-0.2, 0) is 6.42 Å². The van der Waals surface area contributed by atoms with Gasteiger partial charge >= 0.3 is 6.18 Å². The number of rotatable bonds is 5. The molecule has 0 bridgehead atoms. The molecule has 0 aromatic carbocycles. The first kappa shape index (κ1) is 15.3. The van der Waals surface area contributed by atoms with Crippen molar-refractivity contribution < 1.29 is 18.0 Å². The molecule has 0 aliphatic carbocycles. The molecule has 0 aliphatic rings. The van der Waals surface area contributed by atoms with E-state index >= 15 is 0 Å². The Morgan fingerprint density at radius 2 is 2.29 bits per heavy atom. The largest absolute Gasteiger partial charge is 0.433 e. The first-order chi connectivity index (χ1) is 9.95. The van der Waals surface area contributed by atoms with E-state index in [1.165, 1.54) is 24.5 Å². The summed E-state index contributed by atoms with van der Waals surface area (Å²) in [6.07, 6.45) is -2.96. The fraction of sp³-hybridized carbons (Fsp3) is 0.231. The molecule has 0 unspecified atom stereocenters. The summed E-state index contributed by atoms with van der Waals surface area (Å²) in [6, 6.07) is 4.80. The maximum Gasteiger partial charge on any atom is 0.433 e. The van der Waals surface area contributed by atoms with E-state index in [1.807, 2.05) is 0 Å². The smallest absolute Gasteiger partial charge is 0.373 e. The third kappa shape index (κ3) is 3.52. The van der Waals surface area contributed by atoms with Gasteiger partial charge in [-0.05, 0) is 17.5 Å². The van der Waals surface area contributed by atoms with Crippen LogP contribution in [0.1, 0.15) is 15.4 Å². The molecule has 112 valence electrons. The van der Waals surface area contributed by atoms with Crippen molar-refractivity contribution >= 4 is 29.1 Å². The van der Waals surface area contributed by atoms with E-state index in [4.69, 9.17) is 0 Å². The molecule has 21 heavy (non-hydrogen) atoms. The van der Waals surface area contributed by atoms with Crippen LogP contribution >= 0.6 is 11.3 Å². The second-order valence-electron chi connectivity index (χ2n) is 4.10. The Morgan fingerprint density at radius 3 is 2.81 bits per heavy atom. The molecule has 0 spiro atoms. The number of carbonyl (C=O) groups excluding carboxylic acids is 1. The summed E-state index contributed by atoms with van der Waals surface area (Å²) in [5, 5.41) is 8.07. The van der Waals surface area contributed by atoms with Crippen molar-refractivity contribution in [3.63, 3.8) is 0 Å². The maximum atomic E-state index is 13.2. The lowest BCUT2D eigenvalue weighted by Gasteiger charge is -2.14. The summed E-state index contributed by atoms with van der Waals surface area (Å²) in [6.45, 7) is 0. The van der Waals surface area contributed by atoms with Crippen molar-refractivity contribution in [2.24, 2.45) is 0 Å². The van der Waals surface area contributed by atoms with Crippen molar-refractivity contribution in [1.29, 1.82) is 0 Å². The van der Waals surface area contributed by atoms with Gasteiger partial charge in [-0.3, -0.25) is 4.79 Å². The number of alkyl halides is 3. The standard InChI is InChI=1S/C13H12F3N3OS/c1-17-12-7-9(8-20)18-19(12)11(13(14,15)16)5-4-10-3-2-6-21-10/h2-3,5-8,17H,4H2,1H3/b11-5-. The Bertz CT molecular complexity index is 644. The minimum absolute atomic E-state index is 0.0642. The summed E-state index contributed by atoms with van der Waals surface area (Å²) < 4.78 is 40.4. The number of allylic oxidation sites excluding steroid dienone is 2. The van der Waals surface area contributed by atoms with Crippen LogP contribution in [0.4, 0.5) is 19.0 Å². The van der Waals surface area contributed by atoms with Crippen LogP contribution < -0.4 is 5.32 Å². The fourth-order valence-corrected chi connectivity index (χ4v) is 2.44. The van der Waals surface area contributed by atoms with Gasteiger partial charge in [-0.25, -0.2) is 4.68 Å². The molecule has 8 heteroatoms. The molecule has 2 rings (SSSR count). The number of carbonyl (C=O) groups is 1. The second kappa shape index (κ2) is 6.13. The van der Waals surface area contributed by atoms with Crippen molar-refractivity contribution in [1.82, 2.24) is 9.78 Å². The highest BCUT2D eigenvalue weighted by Gasteiger charge is 2.37. The van der Waals surface area contributed by atoms with Gasteiger partial charge in [0.2, 0.25) is 0 Å². The molecule has 0 amide bonds. The minimum Gasteiger partial charge on any atom is -0.373 e. The van der Waals surface area contributed by atoms with Crippen LogP contribution in [0.2, 0.25) is 0 Å². The van der Waals surface area contributed by atoms with Gasteiger partial charge in [0.1, 0.15) is 17.2 Å². The van der Waals surface area contributed by atoms with E-state index in [0.717, 1.165) is 11.0 Å². The third-order valence-corrected chi connectivity index (χ3v) is 3.60. The van der Waals surface area contributed by atoms with Crippen molar-refractivity contribution in [3.8, 4) is 0 Å². The number of hydrogen-bond acceptors (Lipinski definition) is 4. The average Bonchev–Trinajstić information content (AvgIpc) is 3.06. The molecule has 4 nitrogen and oxygen atoms in total. The van der Waals surface area contributed by atoms with Crippen LogP contribution in [0.25, 0.3) is 5.70 Å². The van der Waals surface area contributed by atoms with Crippen LogP contribution in [0.5, 0.6) is 0 Å². The predicted molar refractivity (Wildman–Crippen MR) is 75.5 cm³/mol. The number of hydrogen-bond donors (Lipinski definition) is 1. The van der Waals surface area contributed by atoms with E-state index in [2.05, 4.69) is 10.4 Å². The normalized spacial score (nSPS) is 12.5. The lowest BCUT2D eigenvalue weighted by molar-refractivity contribution is -0.0744. The van der Waals surface area contributed by atoms with Crippen LogP contribution in [0, 0.1) is 0 Å². The first-order valence-electron chi connectivity index (χ1n) is 5.99. The van der Waals surface area contributed by atoms with Crippen molar-refractivity contribution in [3.05, 3.63) is 40.2 Å². The highest BCUT2D eigenvalue weighted by Crippen LogP contribution is 2.32. The second-order valence-corrected chi connectivity index (χ2v) is 5.14. The Kier molecular flexibility index (Phi) is 4.46. The Labute approximate surface area is 122 Å². The molecular weight excluding hydrogens is 303 g/mol. The Hall–Kier alpha value is -2.09. The van der Waals surface area contributed by atoms with Gasteiger partial charge in [0, 0.05) is 24.4 Å². The van der Waals surface area contributed by atoms with Gasteiger partial charge in [0.15, 0.2) is 6.29 Å². The molecule has 2 aromatic heterocycles. The van der Waals surface area contributed by atoms with Gasteiger partial charge in [0.05, 0.1) is 0 Å². The van der Waals surface area contributed by atoms with Gasteiger partial charge in [0.25, 0.3) is 0 Å². The number of anilines is 1. The highest BCUT2D eigenvalue weighted by molar-refractivity contribution is 7.09. The molecule has 0 atom stereocenters. The zero-order chi connectivity index (χ0) is 15.5. The number of aldehydes is 1. The molecule has 0 radical (unpaired) electrons. The lowest BCUT2D eigenvalue weighted by atomic mass is 10.3. The Morgan fingerprint density at radius 1 is 1.52 bits per heavy atom. The van der Waals surface area contributed by atoms with Gasteiger partial charge in [-0.2, -0.15) is 18.3 Å². The molecule has 0 saturated carbocycles. The van der Waals surface area contributed by atoms with Crippen LogP contribution in [-0.4, -0.2) is 29.3 Å². The molecule has 0 saturated heterocycles. The quantitative estimate of drug-likeness (QED) is 0.860. The summed E-state index contributed by atoms with van der Waals surface area (Å²) >= 11 is 1.38. The monoisotopic (exact) mass is 315 g/mol. The first-order valence-corrected chi connectivity index (χ1v) is 6.86. The topological polar surface area (TPSA) is 46.9 Å². The summed E-state index contributed by atoms with van der Waals surface area (Å²) in [7, 11) is 1.47. The van der Waals surface area contributed by atoms with Gasteiger partial charge in [-0.1, -0.05) is 6.07 Å². The molecule has 0 aliphatic heterocycles. The lowest BCUT2D eigenvalue weighted by Crippen LogP contribution is -2.19. The highest BCUT2D eigenvalue weighted by atomic mass is 32.1.